The zero-order chi connectivity index (χ0) is 18.9. The average Bonchev–Trinajstić information content (AvgIpc) is 2.87. The number of halogens is 1. The van der Waals surface area contributed by atoms with E-state index in [2.05, 4.69) is 5.32 Å². The quantitative estimate of drug-likeness (QED) is 0.175. The Hall–Kier alpha value is -2.49. The molecule has 1 aromatic rings. The lowest BCUT2D eigenvalue weighted by molar-refractivity contribution is -0.169. The van der Waals surface area contributed by atoms with Crippen LogP contribution in [0.5, 0.6) is 5.75 Å². The average molecular weight is 345 g/mol. The summed E-state index contributed by atoms with van der Waals surface area (Å²) in [6, 6.07) is 0. The highest BCUT2D eigenvalue weighted by atomic mass is 19.1. The molecule has 1 fully saturated rings. The molecule has 12 heteroatoms. The lowest BCUT2D eigenvalue weighted by atomic mass is 9.49. The Bertz CT molecular complexity index is 862. The van der Waals surface area contributed by atoms with Gasteiger partial charge in [-0.15, -0.1) is 0 Å². The maximum atomic E-state index is 14.0. The number of fused-ring (bicyclic) bond motifs is 1. The van der Waals surface area contributed by atoms with E-state index in [4.69, 9.17) is 5.73 Å². The van der Waals surface area contributed by atoms with Crippen LogP contribution < -0.4 is 16.5 Å². The van der Waals surface area contributed by atoms with Crippen molar-refractivity contribution in [3.63, 3.8) is 0 Å². The molecule has 1 saturated heterocycles. The van der Waals surface area contributed by atoms with E-state index in [0.29, 0.717) is 0 Å². The normalized spacial score (nSPS) is 25.0. The Morgan fingerprint density at radius 2 is 1.84 bits per heavy atom. The van der Waals surface area contributed by atoms with Crippen LogP contribution in [0.25, 0.3) is 0 Å². The largest absolute Gasteiger partial charge is 0.503 e. The summed E-state index contributed by atoms with van der Waals surface area (Å²) in [5.74, 6) is -4.19. The molecule has 0 bridgehead atoms. The van der Waals surface area contributed by atoms with Crippen LogP contribution in [0.3, 0.4) is 0 Å². The van der Waals surface area contributed by atoms with Gasteiger partial charge in [0.2, 0.25) is 11.6 Å². The Morgan fingerprint density at radius 3 is 2.44 bits per heavy atom. The SMILES string of the molecule is Bc1c(F)c(O)c(N)c2c1C(=O)N(C1(O)CC(B)(B)C(=O)NC1=O)C2. The highest BCUT2D eigenvalue weighted by molar-refractivity contribution is 6.52. The molecule has 0 radical (unpaired) electrons. The van der Waals surface area contributed by atoms with Gasteiger partial charge in [0, 0.05) is 17.5 Å². The third kappa shape index (κ3) is 2.17. The van der Waals surface area contributed by atoms with Crippen LogP contribution in [0, 0.1) is 5.82 Å². The summed E-state index contributed by atoms with van der Waals surface area (Å²) in [5, 5.41) is 21.6. The smallest absolute Gasteiger partial charge is 0.279 e. The van der Waals surface area contributed by atoms with Gasteiger partial charge in [0.15, 0.2) is 11.6 Å². The number of hydrogen-bond acceptors (Lipinski definition) is 6. The summed E-state index contributed by atoms with van der Waals surface area (Å²) >= 11 is 0. The highest BCUT2D eigenvalue weighted by Gasteiger charge is 2.56. The number of anilines is 1. The second kappa shape index (κ2) is 5.01. The first-order valence-electron chi connectivity index (χ1n) is 7.61. The second-order valence-corrected chi connectivity index (χ2v) is 7.11. The van der Waals surface area contributed by atoms with Gasteiger partial charge in [0.1, 0.15) is 23.5 Å². The van der Waals surface area contributed by atoms with E-state index in [-0.39, 0.29) is 35.2 Å². The highest BCUT2D eigenvalue weighted by Crippen LogP contribution is 2.42. The minimum atomic E-state index is -2.29. The lowest BCUT2D eigenvalue weighted by Crippen LogP contribution is -2.67. The van der Waals surface area contributed by atoms with Crippen molar-refractivity contribution < 1.29 is 29.0 Å². The molecule has 1 atom stereocenters. The molecule has 3 amide bonds. The van der Waals surface area contributed by atoms with E-state index >= 15 is 0 Å². The Morgan fingerprint density at radius 1 is 1.24 bits per heavy atom. The standard InChI is InChI=1S/C13H15B3FN3O5/c14-5-4-3(7(18)8(21)6(5)17)1-20(9(4)22)13(25)2-12(15,16)10(23)19-11(13)24/h21,25H,1-2,14-16,18H2,(H,19,23,24). The molecule has 0 aromatic heterocycles. The number of hydrogen-bond donors (Lipinski definition) is 4. The lowest BCUT2D eigenvalue weighted by Gasteiger charge is -2.44. The number of benzene rings is 1. The number of aliphatic hydroxyl groups is 1. The van der Waals surface area contributed by atoms with Gasteiger partial charge in [-0.2, -0.15) is 0 Å². The second-order valence-electron chi connectivity index (χ2n) is 7.11. The first-order valence-corrected chi connectivity index (χ1v) is 7.61. The number of rotatable bonds is 1. The molecule has 2 aliphatic heterocycles. The minimum Gasteiger partial charge on any atom is -0.503 e. The fourth-order valence-corrected chi connectivity index (χ4v) is 3.39. The molecular weight excluding hydrogens is 330 g/mol. The van der Waals surface area contributed by atoms with E-state index in [1.807, 2.05) is 0 Å². The molecule has 2 heterocycles. The molecule has 0 spiro atoms. The monoisotopic (exact) mass is 345 g/mol. The maximum absolute atomic E-state index is 14.0. The Balaban J connectivity index is 2.11. The van der Waals surface area contributed by atoms with Crippen LogP contribution >= 0.6 is 0 Å². The van der Waals surface area contributed by atoms with Gasteiger partial charge in [-0.25, -0.2) is 4.39 Å². The first kappa shape index (κ1) is 17.3. The van der Waals surface area contributed by atoms with Crippen LogP contribution in [-0.2, 0) is 16.1 Å². The number of nitrogens with zero attached hydrogens (tertiary/aromatic N) is 1. The zero-order valence-electron chi connectivity index (χ0n) is 13.9. The fraction of sp³-hybridized carbons (Fsp3) is 0.308. The molecule has 1 unspecified atom stereocenters. The van der Waals surface area contributed by atoms with Crippen molar-refractivity contribution in [3.8, 4) is 5.75 Å². The molecule has 8 nitrogen and oxygen atoms in total. The van der Waals surface area contributed by atoms with Gasteiger partial charge in [-0.05, 0) is 10.7 Å². The Labute approximate surface area is 144 Å². The van der Waals surface area contributed by atoms with E-state index in [9.17, 15) is 29.0 Å². The molecule has 2 aliphatic rings. The molecule has 0 saturated carbocycles. The molecule has 3 rings (SSSR count). The summed E-state index contributed by atoms with van der Waals surface area (Å²) in [6.45, 7) is -0.289. The summed E-state index contributed by atoms with van der Waals surface area (Å²) in [5.41, 5.74) is 3.02. The van der Waals surface area contributed by atoms with Gasteiger partial charge < -0.3 is 15.9 Å². The third-order valence-corrected chi connectivity index (χ3v) is 4.91. The number of carbonyl (C=O) groups is 3. The van der Waals surface area contributed by atoms with E-state index < -0.39 is 40.2 Å². The van der Waals surface area contributed by atoms with Crippen molar-refractivity contribution in [1.29, 1.82) is 0 Å². The van der Waals surface area contributed by atoms with E-state index in [0.717, 1.165) is 4.90 Å². The minimum absolute atomic E-state index is 0.0938. The number of phenolic OH excluding ortho intramolecular Hbond substituents is 1. The zero-order valence-corrected chi connectivity index (χ0v) is 13.9. The number of phenols is 1. The van der Waals surface area contributed by atoms with Crippen LogP contribution in [0.1, 0.15) is 22.3 Å². The van der Waals surface area contributed by atoms with Crippen LogP contribution in [0.2, 0.25) is 5.21 Å². The fourth-order valence-electron chi connectivity index (χ4n) is 3.39. The molecule has 128 valence electrons. The molecular formula is C13H15B3FN3O5. The number of amides is 3. The topological polar surface area (TPSA) is 133 Å². The van der Waals surface area contributed by atoms with Crippen molar-refractivity contribution in [3.05, 3.63) is 16.9 Å². The van der Waals surface area contributed by atoms with Crippen molar-refractivity contribution in [2.45, 2.75) is 23.9 Å². The van der Waals surface area contributed by atoms with Crippen LogP contribution in [0.4, 0.5) is 10.1 Å². The van der Waals surface area contributed by atoms with E-state index in [1.165, 1.54) is 23.5 Å². The predicted octanol–water partition coefficient (Wildman–Crippen LogP) is -4.55. The molecule has 1 aromatic carbocycles. The van der Waals surface area contributed by atoms with Crippen LogP contribution in [0.15, 0.2) is 0 Å². The molecule has 0 aliphatic carbocycles. The summed E-state index contributed by atoms with van der Waals surface area (Å²) in [6.07, 6.45) is -0.322. The van der Waals surface area contributed by atoms with Gasteiger partial charge in [0.25, 0.3) is 11.8 Å². The third-order valence-electron chi connectivity index (χ3n) is 4.91. The van der Waals surface area contributed by atoms with Crippen molar-refractivity contribution >= 4 is 52.4 Å². The van der Waals surface area contributed by atoms with Gasteiger partial charge in [-0.1, -0.05) is 0 Å². The summed E-state index contributed by atoms with van der Waals surface area (Å²) in [7, 11) is 4.35. The molecule has 25 heavy (non-hydrogen) atoms. The number of nitrogens with two attached hydrogens (primary N) is 1. The summed E-state index contributed by atoms with van der Waals surface area (Å²) in [4.78, 5) is 37.8. The number of carbonyl (C=O) groups excluding carboxylic acids is 3. The van der Waals surface area contributed by atoms with Gasteiger partial charge >= 0.3 is 0 Å². The van der Waals surface area contributed by atoms with Gasteiger partial charge in [-0.3, -0.25) is 24.6 Å². The van der Waals surface area contributed by atoms with E-state index in [1.54, 1.807) is 0 Å². The number of piperidine rings is 1. The van der Waals surface area contributed by atoms with Gasteiger partial charge in [0.05, 0.1) is 12.2 Å². The summed E-state index contributed by atoms with van der Waals surface area (Å²) < 4.78 is 14.0. The first-order chi connectivity index (χ1) is 11.4. The van der Waals surface area contributed by atoms with Crippen molar-refractivity contribution in [1.82, 2.24) is 10.2 Å². The van der Waals surface area contributed by atoms with Crippen molar-refractivity contribution in [2.75, 3.05) is 5.73 Å². The predicted molar refractivity (Wildman–Crippen MR) is 93.0 cm³/mol. The number of aromatic hydroxyl groups is 1. The van der Waals surface area contributed by atoms with Crippen molar-refractivity contribution in [2.24, 2.45) is 0 Å². The molecule has 5 N–H and O–H groups in total. The van der Waals surface area contributed by atoms with Crippen LogP contribution in [-0.4, -0.2) is 62.1 Å². The number of imide groups is 1. The Kier molecular flexibility index (Phi) is 3.47. The number of nitrogens with one attached hydrogen (secondary N) is 1. The number of nitrogen functional groups attached to an aromatic ring is 1. The maximum Gasteiger partial charge on any atom is 0.279 e.